The quantitative estimate of drug-likeness (QED) is 0.211. The molecule has 0 aromatic heterocycles. The third kappa shape index (κ3) is 3.46. The van der Waals surface area contributed by atoms with Crippen molar-refractivity contribution in [3.63, 3.8) is 0 Å². The number of carbonyl (C=O) groups is 1. The molecule has 2 unspecified atom stereocenters. The molecule has 0 saturated carbocycles. The second kappa shape index (κ2) is 9.16. The Labute approximate surface area is 254 Å². The van der Waals surface area contributed by atoms with Crippen molar-refractivity contribution in [2.75, 3.05) is 21.3 Å². The third-order valence-corrected chi connectivity index (χ3v) is 9.56. The zero-order chi connectivity index (χ0) is 31.5. The Morgan fingerprint density at radius 3 is 2.07 bits per heavy atom. The Hall–Kier alpha value is -4.69. The van der Waals surface area contributed by atoms with Gasteiger partial charge in [0.1, 0.15) is 23.0 Å². The second-order valence-corrected chi connectivity index (χ2v) is 12.3. The number of phenols is 2. The number of methoxy groups -OCH3 is 3. The van der Waals surface area contributed by atoms with Gasteiger partial charge in [-0.2, -0.15) is 0 Å². The van der Waals surface area contributed by atoms with Gasteiger partial charge in [0.15, 0.2) is 17.6 Å². The lowest BCUT2D eigenvalue weighted by Gasteiger charge is -2.50. The molecular weight excluding hydrogens is 560 g/mol. The van der Waals surface area contributed by atoms with Gasteiger partial charge < -0.3 is 33.9 Å². The summed E-state index contributed by atoms with van der Waals surface area (Å²) in [5.41, 5.74) is 2.52. The van der Waals surface area contributed by atoms with E-state index >= 15 is 0 Å². The monoisotopic (exact) mass is 594 g/mol. The molecular formula is C36H34O8. The summed E-state index contributed by atoms with van der Waals surface area (Å²) >= 11 is 0. The van der Waals surface area contributed by atoms with E-state index < -0.39 is 17.3 Å². The molecule has 0 spiro atoms. The number of ether oxygens (including phenoxy) is 5. The SMILES string of the molecule is COc1cc2c3c(cc(O)c2cc1C)C(C)(C)C(=O)C1(OC)Oc2c(cc4c(cc(OC)c5cc(C)c(O)cc54)c2C)OC31. The summed E-state index contributed by atoms with van der Waals surface area (Å²) < 4.78 is 31.0. The summed E-state index contributed by atoms with van der Waals surface area (Å²) in [5.74, 6) is 0.180. The highest BCUT2D eigenvalue weighted by molar-refractivity contribution is 6.13. The molecule has 0 bridgehead atoms. The molecule has 2 atom stereocenters. The molecule has 7 rings (SSSR count). The highest BCUT2D eigenvalue weighted by atomic mass is 16.7. The van der Waals surface area contributed by atoms with Crippen LogP contribution in [0.2, 0.25) is 0 Å². The van der Waals surface area contributed by atoms with Crippen LogP contribution in [0.25, 0.3) is 32.3 Å². The Balaban J connectivity index is 1.57. The number of rotatable bonds is 3. The first-order chi connectivity index (χ1) is 20.9. The van der Waals surface area contributed by atoms with Gasteiger partial charge in [-0.05, 0) is 115 Å². The highest BCUT2D eigenvalue weighted by Gasteiger charge is 2.64. The van der Waals surface area contributed by atoms with E-state index in [0.717, 1.165) is 38.2 Å². The van der Waals surface area contributed by atoms with E-state index in [0.29, 0.717) is 44.9 Å². The van der Waals surface area contributed by atoms with Gasteiger partial charge in [-0.25, -0.2) is 0 Å². The first-order valence-electron chi connectivity index (χ1n) is 14.5. The van der Waals surface area contributed by atoms with Crippen molar-refractivity contribution >= 4 is 38.1 Å². The van der Waals surface area contributed by atoms with Gasteiger partial charge in [-0.3, -0.25) is 4.79 Å². The second-order valence-electron chi connectivity index (χ2n) is 12.3. The minimum Gasteiger partial charge on any atom is -0.508 e. The zero-order valence-corrected chi connectivity index (χ0v) is 26.0. The molecule has 8 heteroatoms. The lowest BCUT2D eigenvalue weighted by molar-refractivity contribution is -0.233. The predicted octanol–water partition coefficient (Wildman–Crippen LogP) is 7.22. The molecule has 0 fully saturated rings. The molecule has 5 aromatic rings. The maximum atomic E-state index is 14.5. The summed E-state index contributed by atoms with van der Waals surface area (Å²) in [7, 11) is 4.66. The van der Waals surface area contributed by atoms with Gasteiger partial charge in [-0.15, -0.1) is 0 Å². The standard InChI is InChI=1S/C36H34O8/c1-16-9-23-20(11-26(16)37)21-13-30-32(18(3)19(21)12-29(23)41-7)44-36(42-8)33(43-30)31-24-14-28(40-6)17(2)10-22(24)27(38)15-25(31)35(4,5)34(36)39/h9-15,33,37-38H,1-8H3. The fraction of sp³-hybridized carbons (Fsp3) is 0.306. The minimum atomic E-state index is -1.82. The zero-order valence-electron chi connectivity index (χ0n) is 26.0. The Morgan fingerprint density at radius 1 is 0.727 bits per heavy atom. The van der Waals surface area contributed by atoms with Crippen molar-refractivity contribution in [3.8, 4) is 34.5 Å². The molecule has 5 aromatic carbocycles. The van der Waals surface area contributed by atoms with E-state index in [1.807, 2.05) is 51.1 Å². The van der Waals surface area contributed by atoms with Crippen molar-refractivity contribution in [2.24, 2.45) is 0 Å². The molecule has 2 aliphatic rings. The van der Waals surface area contributed by atoms with E-state index in [2.05, 4.69) is 0 Å². The lowest BCUT2D eigenvalue weighted by Crippen LogP contribution is -2.63. The van der Waals surface area contributed by atoms with Crippen LogP contribution in [0.1, 0.15) is 47.8 Å². The maximum absolute atomic E-state index is 14.5. The first kappa shape index (κ1) is 28.1. The van der Waals surface area contributed by atoms with Crippen LogP contribution in [0.3, 0.4) is 0 Å². The van der Waals surface area contributed by atoms with E-state index in [9.17, 15) is 15.0 Å². The maximum Gasteiger partial charge on any atom is 0.313 e. The molecule has 1 aliphatic heterocycles. The fourth-order valence-electron chi connectivity index (χ4n) is 7.11. The van der Waals surface area contributed by atoms with Crippen molar-refractivity contribution in [1.29, 1.82) is 0 Å². The number of hydrogen-bond donors (Lipinski definition) is 2. The summed E-state index contributed by atoms with van der Waals surface area (Å²) in [6.45, 7) is 9.27. The van der Waals surface area contributed by atoms with E-state index in [-0.39, 0.29) is 17.3 Å². The summed E-state index contributed by atoms with van der Waals surface area (Å²) in [6.07, 6.45) is -1.01. The molecule has 226 valence electrons. The van der Waals surface area contributed by atoms with Gasteiger partial charge in [0.2, 0.25) is 5.78 Å². The molecule has 8 nitrogen and oxygen atoms in total. The summed E-state index contributed by atoms with van der Waals surface area (Å²) in [4.78, 5) is 14.5. The lowest BCUT2D eigenvalue weighted by atomic mass is 9.66. The van der Waals surface area contributed by atoms with Crippen LogP contribution in [0.4, 0.5) is 0 Å². The number of carbonyl (C=O) groups excluding carboxylic acids is 1. The molecule has 1 heterocycles. The molecule has 0 saturated heterocycles. The predicted molar refractivity (Wildman–Crippen MR) is 168 cm³/mol. The van der Waals surface area contributed by atoms with Crippen molar-refractivity contribution in [3.05, 3.63) is 70.3 Å². The Kier molecular flexibility index (Phi) is 5.85. The molecule has 0 amide bonds. The van der Waals surface area contributed by atoms with Crippen LogP contribution in [0, 0.1) is 20.8 Å². The Bertz CT molecular complexity index is 2090. The molecule has 1 aliphatic carbocycles. The molecule has 44 heavy (non-hydrogen) atoms. The summed E-state index contributed by atoms with van der Waals surface area (Å²) in [6, 6.07) is 12.8. The number of hydrogen-bond acceptors (Lipinski definition) is 8. The highest BCUT2D eigenvalue weighted by Crippen LogP contribution is 2.58. The van der Waals surface area contributed by atoms with E-state index in [1.54, 1.807) is 40.2 Å². The largest absolute Gasteiger partial charge is 0.508 e. The van der Waals surface area contributed by atoms with Crippen molar-refractivity contribution in [1.82, 2.24) is 0 Å². The average Bonchev–Trinajstić information content (AvgIpc) is 3.00. The Morgan fingerprint density at radius 2 is 1.39 bits per heavy atom. The number of aromatic hydroxyl groups is 2. The summed E-state index contributed by atoms with van der Waals surface area (Å²) in [5, 5.41) is 26.4. The first-order valence-corrected chi connectivity index (χ1v) is 14.5. The van der Waals surface area contributed by atoms with Crippen LogP contribution in [-0.4, -0.2) is 43.1 Å². The smallest absolute Gasteiger partial charge is 0.313 e. The molecule has 0 radical (unpaired) electrons. The third-order valence-electron chi connectivity index (χ3n) is 9.56. The van der Waals surface area contributed by atoms with Crippen molar-refractivity contribution in [2.45, 2.75) is 51.9 Å². The number of fused-ring (bicyclic) bond motifs is 9. The van der Waals surface area contributed by atoms with Gasteiger partial charge in [0, 0.05) is 29.0 Å². The normalized spacial score (nSPS) is 20.1. The van der Waals surface area contributed by atoms with Crippen LogP contribution >= 0.6 is 0 Å². The number of benzene rings is 5. The van der Waals surface area contributed by atoms with Crippen LogP contribution < -0.4 is 18.9 Å². The van der Waals surface area contributed by atoms with Gasteiger partial charge in [0.25, 0.3) is 0 Å². The number of Topliss-reactive ketones (excluding diaryl/α,β-unsaturated/α-hetero) is 1. The number of ketones is 1. The number of phenolic OH excluding ortho intramolecular Hbond substituents is 2. The topological polar surface area (TPSA) is 104 Å². The number of aryl methyl sites for hydroxylation is 3. The van der Waals surface area contributed by atoms with Crippen molar-refractivity contribution < 1.29 is 38.7 Å². The average molecular weight is 595 g/mol. The van der Waals surface area contributed by atoms with Gasteiger partial charge >= 0.3 is 5.79 Å². The molecule has 2 N–H and O–H groups in total. The van der Waals surface area contributed by atoms with Crippen LogP contribution in [-0.2, 0) is 14.9 Å². The van der Waals surface area contributed by atoms with Crippen LogP contribution in [0.5, 0.6) is 34.5 Å². The van der Waals surface area contributed by atoms with E-state index in [1.165, 1.54) is 7.11 Å². The minimum absolute atomic E-state index is 0.0600. The van der Waals surface area contributed by atoms with E-state index in [4.69, 9.17) is 23.7 Å². The van der Waals surface area contributed by atoms with Gasteiger partial charge in [0.05, 0.1) is 19.6 Å². The van der Waals surface area contributed by atoms with Gasteiger partial charge in [-0.1, -0.05) is 0 Å². The van der Waals surface area contributed by atoms with Crippen LogP contribution in [0.15, 0.2) is 42.5 Å². The fourth-order valence-corrected chi connectivity index (χ4v) is 7.11.